The molecule has 0 unspecified atom stereocenters. The number of methoxy groups -OCH3 is 1. The van der Waals surface area contributed by atoms with Gasteiger partial charge in [0, 0.05) is 4.88 Å². The van der Waals surface area contributed by atoms with Crippen LogP contribution < -0.4 is 10.9 Å². The quantitative estimate of drug-likeness (QED) is 0.596. The molecule has 0 aliphatic rings. The summed E-state index contributed by atoms with van der Waals surface area (Å²) in [5.41, 5.74) is 1.12. The van der Waals surface area contributed by atoms with E-state index in [1.807, 2.05) is 6.92 Å². The predicted molar refractivity (Wildman–Crippen MR) is 111 cm³/mol. The highest BCUT2D eigenvalue weighted by Gasteiger charge is 2.22. The molecule has 9 nitrogen and oxygen atoms in total. The topological polar surface area (TPSA) is 117 Å². The van der Waals surface area contributed by atoms with Crippen molar-refractivity contribution in [2.75, 3.05) is 19.0 Å². The van der Waals surface area contributed by atoms with Crippen molar-refractivity contribution < 1.29 is 23.9 Å². The highest BCUT2D eigenvalue weighted by molar-refractivity contribution is 7.16. The third-order valence-corrected chi connectivity index (χ3v) is 5.55. The number of ether oxygens (including phenoxy) is 2. The Hall–Kier alpha value is -3.53. The summed E-state index contributed by atoms with van der Waals surface area (Å²) in [7, 11) is 1.26. The number of carbonyl (C=O) groups is 3. The number of nitrogens with one attached hydrogen (secondary N) is 1. The number of hydrogen-bond donors (Lipinski definition) is 1. The minimum atomic E-state index is -0.768. The Morgan fingerprint density at radius 3 is 2.67 bits per heavy atom. The maximum atomic E-state index is 12.4. The molecule has 0 fully saturated rings. The summed E-state index contributed by atoms with van der Waals surface area (Å²) in [5.74, 6) is -1.94. The predicted octanol–water partition coefficient (Wildman–Crippen LogP) is 2.04. The minimum Gasteiger partial charge on any atom is -0.465 e. The Bertz CT molecular complexity index is 1200. The van der Waals surface area contributed by atoms with E-state index in [0.717, 1.165) is 9.44 Å². The van der Waals surface area contributed by atoms with E-state index in [4.69, 9.17) is 9.47 Å². The van der Waals surface area contributed by atoms with Gasteiger partial charge < -0.3 is 14.8 Å². The molecular weight excluding hydrogens is 410 g/mol. The number of para-hydroxylation sites is 1. The first-order valence-electron chi connectivity index (χ1n) is 8.89. The monoisotopic (exact) mass is 429 g/mol. The number of thiophene rings is 1. The minimum absolute atomic E-state index is 0.272. The van der Waals surface area contributed by atoms with Crippen LogP contribution in [0.15, 0.2) is 35.4 Å². The summed E-state index contributed by atoms with van der Waals surface area (Å²) in [5, 5.41) is 3.27. The van der Waals surface area contributed by atoms with Crippen LogP contribution in [0.3, 0.4) is 0 Å². The number of carbonyl (C=O) groups excluding carboxylic acids is 3. The molecule has 3 rings (SSSR count). The van der Waals surface area contributed by atoms with Gasteiger partial charge in [0.15, 0.2) is 6.61 Å². The van der Waals surface area contributed by atoms with Crippen LogP contribution >= 0.6 is 11.3 Å². The average molecular weight is 429 g/mol. The summed E-state index contributed by atoms with van der Waals surface area (Å²) in [6.07, 6.45) is 1.26. The molecule has 2 aromatic heterocycles. The fourth-order valence-electron chi connectivity index (χ4n) is 2.78. The number of amides is 1. The normalized spacial score (nSPS) is 10.6. The second-order valence-electron chi connectivity index (χ2n) is 6.38. The van der Waals surface area contributed by atoms with Crippen LogP contribution in [-0.4, -0.2) is 41.1 Å². The number of aromatic nitrogens is 2. The van der Waals surface area contributed by atoms with Gasteiger partial charge in [0.25, 0.3) is 11.5 Å². The maximum Gasteiger partial charge on any atom is 0.341 e. The van der Waals surface area contributed by atoms with Crippen molar-refractivity contribution in [2.45, 2.75) is 20.4 Å². The molecule has 2 heterocycles. The van der Waals surface area contributed by atoms with Crippen LogP contribution in [0.5, 0.6) is 0 Å². The van der Waals surface area contributed by atoms with Gasteiger partial charge in [0.2, 0.25) is 0 Å². The van der Waals surface area contributed by atoms with Crippen LogP contribution in [0.1, 0.15) is 20.8 Å². The SMILES string of the molecule is COC(=O)c1c(NC(=O)COC(=O)Cn2cnc3ccccc3c2=O)sc(C)c1C. The summed E-state index contributed by atoms with van der Waals surface area (Å²) in [6.45, 7) is 2.63. The molecule has 30 heavy (non-hydrogen) atoms. The van der Waals surface area contributed by atoms with Gasteiger partial charge in [0.1, 0.15) is 11.5 Å². The molecule has 0 bridgehead atoms. The largest absolute Gasteiger partial charge is 0.465 e. The number of rotatable bonds is 6. The molecule has 1 N–H and O–H groups in total. The molecular formula is C20H19N3O6S. The Kier molecular flexibility index (Phi) is 6.26. The highest BCUT2D eigenvalue weighted by atomic mass is 32.1. The Labute approximate surface area is 175 Å². The van der Waals surface area contributed by atoms with Gasteiger partial charge in [-0.1, -0.05) is 12.1 Å². The van der Waals surface area contributed by atoms with Crippen LogP contribution in [-0.2, 0) is 25.6 Å². The van der Waals surface area contributed by atoms with E-state index in [-0.39, 0.29) is 17.7 Å². The smallest absolute Gasteiger partial charge is 0.341 e. The summed E-state index contributed by atoms with van der Waals surface area (Å²) >= 11 is 1.23. The van der Waals surface area contributed by atoms with Crippen molar-refractivity contribution in [2.24, 2.45) is 0 Å². The second kappa shape index (κ2) is 8.87. The lowest BCUT2D eigenvalue weighted by Crippen LogP contribution is -2.28. The van der Waals surface area contributed by atoms with Crippen molar-refractivity contribution >= 4 is 45.1 Å². The van der Waals surface area contributed by atoms with E-state index in [2.05, 4.69) is 10.3 Å². The van der Waals surface area contributed by atoms with Crippen molar-refractivity contribution in [1.82, 2.24) is 9.55 Å². The maximum absolute atomic E-state index is 12.4. The molecule has 0 radical (unpaired) electrons. The summed E-state index contributed by atoms with van der Waals surface area (Å²) in [4.78, 5) is 53.6. The summed E-state index contributed by atoms with van der Waals surface area (Å²) in [6, 6.07) is 6.77. The van der Waals surface area contributed by atoms with Gasteiger partial charge in [0.05, 0.1) is 29.9 Å². The number of hydrogen-bond acceptors (Lipinski definition) is 8. The molecule has 0 aliphatic heterocycles. The van der Waals surface area contributed by atoms with Gasteiger partial charge in [-0.25, -0.2) is 9.78 Å². The Morgan fingerprint density at radius 2 is 1.93 bits per heavy atom. The third-order valence-electron chi connectivity index (χ3n) is 4.42. The lowest BCUT2D eigenvalue weighted by Gasteiger charge is -2.08. The van der Waals surface area contributed by atoms with E-state index < -0.39 is 24.5 Å². The lowest BCUT2D eigenvalue weighted by atomic mass is 10.1. The Morgan fingerprint density at radius 1 is 1.20 bits per heavy atom. The van der Waals surface area contributed by atoms with E-state index in [9.17, 15) is 19.2 Å². The second-order valence-corrected chi connectivity index (χ2v) is 7.61. The van der Waals surface area contributed by atoms with Crippen LogP contribution in [0.25, 0.3) is 10.9 Å². The van der Waals surface area contributed by atoms with Crippen molar-refractivity contribution in [3.05, 3.63) is 57.0 Å². The molecule has 3 aromatic rings. The van der Waals surface area contributed by atoms with E-state index in [1.54, 1.807) is 31.2 Å². The molecule has 1 aromatic carbocycles. The Balaban J connectivity index is 1.63. The number of benzene rings is 1. The number of esters is 2. The standard InChI is InChI=1S/C20H19N3O6S/c1-11-12(2)30-18(17(11)20(27)28-3)22-15(24)9-29-16(25)8-23-10-21-14-7-5-4-6-13(14)19(23)26/h4-7,10H,8-9H2,1-3H3,(H,22,24). The number of nitrogens with zero attached hydrogens (tertiary/aromatic N) is 2. The van der Waals surface area contributed by atoms with Gasteiger partial charge in [-0.05, 0) is 31.5 Å². The van der Waals surface area contributed by atoms with E-state index in [1.165, 1.54) is 24.8 Å². The molecule has 0 atom stereocenters. The molecule has 0 saturated heterocycles. The molecule has 156 valence electrons. The first-order chi connectivity index (χ1) is 14.3. The molecule has 1 amide bonds. The zero-order chi connectivity index (χ0) is 21.8. The fourth-order valence-corrected chi connectivity index (χ4v) is 3.84. The van der Waals surface area contributed by atoms with Gasteiger partial charge in [-0.15, -0.1) is 11.3 Å². The van der Waals surface area contributed by atoms with Crippen molar-refractivity contribution in [3.8, 4) is 0 Å². The van der Waals surface area contributed by atoms with E-state index in [0.29, 0.717) is 21.5 Å². The van der Waals surface area contributed by atoms with Gasteiger partial charge in [-0.2, -0.15) is 0 Å². The van der Waals surface area contributed by atoms with Crippen LogP contribution in [0, 0.1) is 13.8 Å². The van der Waals surface area contributed by atoms with Gasteiger partial charge >= 0.3 is 11.9 Å². The number of aryl methyl sites for hydroxylation is 1. The number of fused-ring (bicyclic) bond motifs is 1. The number of anilines is 1. The van der Waals surface area contributed by atoms with E-state index >= 15 is 0 Å². The zero-order valence-electron chi connectivity index (χ0n) is 16.6. The zero-order valence-corrected chi connectivity index (χ0v) is 17.4. The van der Waals surface area contributed by atoms with Crippen LogP contribution in [0.4, 0.5) is 5.00 Å². The lowest BCUT2D eigenvalue weighted by molar-refractivity contribution is -0.147. The molecule has 0 aliphatic carbocycles. The van der Waals surface area contributed by atoms with Crippen LogP contribution in [0.2, 0.25) is 0 Å². The fraction of sp³-hybridized carbons (Fsp3) is 0.250. The van der Waals surface area contributed by atoms with Gasteiger partial charge in [-0.3, -0.25) is 19.0 Å². The highest BCUT2D eigenvalue weighted by Crippen LogP contribution is 2.32. The average Bonchev–Trinajstić information content (AvgIpc) is 3.01. The first-order valence-corrected chi connectivity index (χ1v) is 9.71. The molecule has 0 spiro atoms. The summed E-state index contributed by atoms with van der Waals surface area (Å²) < 4.78 is 10.8. The first kappa shape index (κ1) is 21.2. The molecule has 10 heteroatoms. The molecule has 0 saturated carbocycles. The third kappa shape index (κ3) is 4.38. The van der Waals surface area contributed by atoms with Crippen molar-refractivity contribution in [1.29, 1.82) is 0 Å². The van der Waals surface area contributed by atoms with Crippen molar-refractivity contribution in [3.63, 3.8) is 0 Å².